The number of aliphatic hydroxyl groups is 1. The van der Waals surface area contributed by atoms with Gasteiger partial charge in [0.15, 0.2) is 0 Å². The Labute approximate surface area is 106 Å². The molecular formula is C12H17ClN2O2. The van der Waals surface area contributed by atoms with Crippen molar-refractivity contribution >= 4 is 23.2 Å². The van der Waals surface area contributed by atoms with Crippen molar-refractivity contribution in [1.82, 2.24) is 5.32 Å². The van der Waals surface area contributed by atoms with Crippen LogP contribution in [0.5, 0.6) is 0 Å². The molecule has 5 heteroatoms. The highest BCUT2D eigenvalue weighted by Gasteiger charge is 2.09. The predicted octanol–water partition coefficient (Wildman–Crippen LogP) is 1.81. The van der Waals surface area contributed by atoms with Crippen LogP contribution in [0.15, 0.2) is 18.2 Å². The smallest absolute Gasteiger partial charge is 0.251 e. The van der Waals surface area contributed by atoms with Gasteiger partial charge in [0.2, 0.25) is 0 Å². The maximum absolute atomic E-state index is 11.7. The van der Waals surface area contributed by atoms with Crippen molar-refractivity contribution in [3.63, 3.8) is 0 Å². The van der Waals surface area contributed by atoms with Crippen LogP contribution in [0, 0.1) is 0 Å². The monoisotopic (exact) mass is 256 g/mol. The number of aliphatic hydroxyl groups excluding tert-OH is 1. The number of amides is 1. The van der Waals surface area contributed by atoms with E-state index in [1.165, 1.54) is 6.07 Å². The van der Waals surface area contributed by atoms with Crippen LogP contribution in [0.2, 0.25) is 5.02 Å². The van der Waals surface area contributed by atoms with Gasteiger partial charge in [-0.2, -0.15) is 0 Å². The van der Waals surface area contributed by atoms with E-state index in [4.69, 9.17) is 17.3 Å². The maximum Gasteiger partial charge on any atom is 0.251 e. The fourth-order valence-electron chi connectivity index (χ4n) is 1.42. The number of nitrogens with one attached hydrogen (secondary N) is 1. The molecule has 0 saturated heterocycles. The third kappa shape index (κ3) is 4.24. The van der Waals surface area contributed by atoms with Gasteiger partial charge in [0, 0.05) is 12.1 Å². The molecule has 1 unspecified atom stereocenters. The Bertz CT molecular complexity index is 396. The molecule has 94 valence electrons. The lowest BCUT2D eigenvalue weighted by molar-refractivity contribution is 0.0910. The quantitative estimate of drug-likeness (QED) is 0.704. The largest absolute Gasteiger partial charge is 0.398 e. The van der Waals surface area contributed by atoms with Gasteiger partial charge in [-0.05, 0) is 24.6 Å². The molecule has 0 fully saturated rings. The summed E-state index contributed by atoms with van der Waals surface area (Å²) in [6, 6.07) is 4.70. The molecule has 4 nitrogen and oxygen atoms in total. The zero-order valence-corrected chi connectivity index (χ0v) is 10.5. The van der Waals surface area contributed by atoms with Gasteiger partial charge in [-0.25, -0.2) is 0 Å². The molecule has 0 heterocycles. The van der Waals surface area contributed by atoms with Gasteiger partial charge in [-0.15, -0.1) is 0 Å². The fourth-order valence-corrected chi connectivity index (χ4v) is 1.60. The summed E-state index contributed by atoms with van der Waals surface area (Å²) >= 11 is 5.82. The molecule has 17 heavy (non-hydrogen) atoms. The van der Waals surface area contributed by atoms with E-state index < -0.39 is 6.10 Å². The Morgan fingerprint density at radius 3 is 2.88 bits per heavy atom. The van der Waals surface area contributed by atoms with E-state index in [1.807, 2.05) is 6.92 Å². The molecule has 0 saturated carbocycles. The Hall–Kier alpha value is -1.26. The number of carbonyl (C=O) groups is 1. The van der Waals surface area contributed by atoms with E-state index in [9.17, 15) is 9.90 Å². The molecule has 0 aromatic heterocycles. The summed E-state index contributed by atoms with van der Waals surface area (Å²) in [7, 11) is 0. The molecule has 1 aromatic carbocycles. The first-order valence-corrected chi connectivity index (χ1v) is 5.93. The molecule has 0 bridgehead atoms. The van der Waals surface area contributed by atoms with Crippen LogP contribution in [0.25, 0.3) is 0 Å². The van der Waals surface area contributed by atoms with Crippen LogP contribution in [-0.4, -0.2) is 23.7 Å². The molecule has 1 atom stereocenters. The second-order valence-corrected chi connectivity index (χ2v) is 4.30. The first kappa shape index (κ1) is 13.8. The number of rotatable bonds is 5. The van der Waals surface area contributed by atoms with Gasteiger partial charge >= 0.3 is 0 Å². The van der Waals surface area contributed by atoms with Crippen LogP contribution in [0.1, 0.15) is 30.1 Å². The van der Waals surface area contributed by atoms with Gasteiger partial charge in [0.25, 0.3) is 5.91 Å². The maximum atomic E-state index is 11.7. The van der Waals surface area contributed by atoms with E-state index in [-0.39, 0.29) is 12.5 Å². The molecule has 0 radical (unpaired) electrons. The number of hydrogen-bond acceptors (Lipinski definition) is 3. The summed E-state index contributed by atoms with van der Waals surface area (Å²) in [6.07, 6.45) is 1.04. The van der Waals surface area contributed by atoms with Crippen LogP contribution in [0.4, 0.5) is 5.69 Å². The van der Waals surface area contributed by atoms with Crippen LogP contribution < -0.4 is 11.1 Å². The standard InChI is InChI=1S/C12H17ClN2O2/c1-2-3-9(16)7-15-12(17)8-4-5-11(14)10(13)6-8/h4-6,9,16H,2-3,7,14H2,1H3,(H,15,17). The number of anilines is 1. The first-order chi connectivity index (χ1) is 8.04. The lowest BCUT2D eigenvalue weighted by atomic mass is 10.1. The van der Waals surface area contributed by atoms with Crippen molar-refractivity contribution in [2.24, 2.45) is 0 Å². The highest BCUT2D eigenvalue weighted by Crippen LogP contribution is 2.19. The molecule has 1 rings (SSSR count). The third-order valence-electron chi connectivity index (χ3n) is 2.38. The molecule has 1 amide bonds. The van der Waals surface area contributed by atoms with Crippen LogP contribution >= 0.6 is 11.6 Å². The average Bonchev–Trinajstić information content (AvgIpc) is 2.30. The summed E-state index contributed by atoms with van der Waals surface area (Å²) in [6.45, 7) is 2.22. The highest BCUT2D eigenvalue weighted by molar-refractivity contribution is 6.33. The van der Waals surface area contributed by atoms with Crippen molar-refractivity contribution in [3.05, 3.63) is 28.8 Å². The van der Waals surface area contributed by atoms with Crippen molar-refractivity contribution in [1.29, 1.82) is 0 Å². The minimum atomic E-state index is -0.506. The normalized spacial score (nSPS) is 12.2. The minimum Gasteiger partial charge on any atom is -0.398 e. The average molecular weight is 257 g/mol. The van der Waals surface area contributed by atoms with Crippen molar-refractivity contribution in [3.8, 4) is 0 Å². The predicted molar refractivity (Wildman–Crippen MR) is 69.1 cm³/mol. The van der Waals surface area contributed by atoms with E-state index in [2.05, 4.69) is 5.32 Å². The third-order valence-corrected chi connectivity index (χ3v) is 2.71. The molecule has 1 aromatic rings. The molecule has 0 aliphatic rings. The Kier molecular flexibility index (Phi) is 5.25. The summed E-state index contributed by atoms with van der Waals surface area (Å²) in [5.41, 5.74) is 6.42. The Morgan fingerprint density at radius 2 is 2.29 bits per heavy atom. The highest BCUT2D eigenvalue weighted by atomic mass is 35.5. The van der Waals surface area contributed by atoms with Crippen LogP contribution in [-0.2, 0) is 0 Å². The number of nitrogen functional groups attached to an aromatic ring is 1. The number of nitrogens with two attached hydrogens (primary N) is 1. The van der Waals surface area contributed by atoms with Gasteiger partial charge in [-0.1, -0.05) is 24.9 Å². The lowest BCUT2D eigenvalue weighted by Crippen LogP contribution is -2.32. The zero-order chi connectivity index (χ0) is 12.8. The van der Waals surface area contributed by atoms with Crippen molar-refractivity contribution in [2.75, 3.05) is 12.3 Å². The summed E-state index contributed by atoms with van der Waals surface area (Å²) in [5, 5.41) is 12.5. The topological polar surface area (TPSA) is 75.3 Å². The fraction of sp³-hybridized carbons (Fsp3) is 0.417. The Morgan fingerprint density at radius 1 is 1.59 bits per heavy atom. The number of carbonyl (C=O) groups excluding carboxylic acids is 1. The Balaban J connectivity index is 2.55. The molecular weight excluding hydrogens is 240 g/mol. The molecule has 0 aliphatic carbocycles. The molecule has 0 aliphatic heterocycles. The van der Waals surface area contributed by atoms with E-state index in [0.717, 1.165) is 6.42 Å². The zero-order valence-electron chi connectivity index (χ0n) is 9.74. The van der Waals surface area contributed by atoms with E-state index >= 15 is 0 Å². The summed E-state index contributed by atoms with van der Waals surface area (Å²) in [4.78, 5) is 11.7. The van der Waals surface area contributed by atoms with Gasteiger partial charge in [-0.3, -0.25) is 4.79 Å². The summed E-state index contributed by atoms with van der Waals surface area (Å²) < 4.78 is 0. The second kappa shape index (κ2) is 6.47. The minimum absolute atomic E-state index is 0.245. The molecule has 0 spiro atoms. The lowest BCUT2D eigenvalue weighted by Gasteiger charge is -2.11. The molecule has 4 N–H and O–H groups in total. The van der Waals surface area contributed by atoms with Gasteiger partial charge in [0.05, 0.1) is 16.8 Å². The van der Waals surface area contributed by atoms with Gasteiger partial charge in [0.1, 0.15) is 0 Å². The summed E-state index contributed by atoms with van der Waals surface area (Å²) in [5.74, 6) is -0.262. The first-order valence-electron chi connectivity index (χ1n) is 5.56. The number of hydrogen-bond donors (Lipinski definition) is 3. The number of benzene rings is 1. The van der Waals surface area contributed by atoms with E-state index in [1.54, 1.807) is 12.1 Å². The van der Waals surface area contributed by atoms with Gasteiger partial charge < -0.3 is 16.2 Å². The van der Waals surface area contributed by atoms with E-state index in [0.29, 0.717) is 22.7 Å². The van der Waals surface area contributed by atoms with Crippen molar-refractivity contribution < 1.29 is 9.90 Å². The SMILES string of the molecule is CCCC(O)CNC(=O)c1ccc(N)c(Cl)c1. The van der Waals surface area contributed by atoms with Crippen LogP contribution in [0.3, 0.4) is 0 Å². The van der Waals surface area contributed by atoms with Crippen molar-refractivity contribution in [2.45, 2.75) is 25.9 Å². The number of halogens is 1. The second-order valence-electron chi connectivity index (χ2n) is 3.89.